The minimum atomic E-state index is -0.450. The third-order valence-electron chi connectivity index (χ3n) is 3.72. The van der Waals surface area contributed by atoms with Gasteiger partial charge >= 0.3 is 0 Å². The molecule has 0 bridgehead atoms. The van der Waals surface area contributed by atoms with E-state index in [1.165, 1.54) is 38.9 Å². The number of thiophene rings is 1. The fourth-order valence-electron chi connectivity index (χ4n) is 2.42. The van der Waals surface area contributed by atoms with E-state index in [1.807, 2.05) is 6.07 Å². The standard InChI is InChI=1S/C18H17ClN4O4S/c1-25-13-6-10(7-14(26-2)17(13)27-3)9-20-23-18(24)12-8-11(21-22-12)15-4-5-16(19)28-15/h4-9H,1-3H3,(H,21,22)(H,23,24)/b20-9-. The van der Waals surface area contributed by atoms with Crippen molar-refractivity contribution < 1.29 is 19.0 Å². The molecule has 8 nitrogen and oxygen atoms in total. The molecule has 10 heteroatoms. The zero-order valence-electron chi connectivity index (χ0n) is 15.3. The number of ether oxygens (including phenoxy) is 3. The Bertz CT molecular complexity index is 990. The number of carbonyl (C=O) groups excluding carboxylic acids is 1. The van der Waals surface area contributed by atoms with Crippen LogP contribution in [0.25, 0.3) is 10.6 Å². The van der Waals surface area contributed by atoms with E-state index in [4.69, 9.17) is 25.8 Å². The van der Waals surface area contributed by atoms with Gasteiger partial charge in [-0.2, -0.15) is 10.2 Å². The van der Waals surface area contributed by atoms with Crippen molar-refractivity contribution in [3.8, 4) is 27.8 Å². The van der Waals surface area contributed by atoms with Gasteiger partial charge in [0, 0.05) is 5.56 Å². The van der Waals surface area contributed by atoms with Crippen molar-refractivity contribution in [1.29, 1.82) is 0 Å². The summed E-state index contributed by atoms with van der Waals surface area (Å²) in [6, 6.07) is 8.69. The summed E-state index contributed by atoms with van der Waals surface area (Å²) in [5.74, 6) is 1.00. The first-order valence-corrected chi connectivity index (χ1v) is 9.19. The fraction of sp³-hybridized carbons (Fsp3) is 0.167. The highest BCUT2D eigenvalue weighted by Gasteiger charge is 2.14. The largest absolute Gasteiger partial charge is 0.493 e. The third kappa shape index (κ3) is 4.26. The molecule has 0 aliphatic rings. The Morgan fingerprint density at radius 1 is 1.18 bits per heavy atom. The van der Waals surface area contributed by atoms with Gasteiger partial charge in [-0.15, -0.1) is 11.3 Å². The number of carbonyl (C=O) groups is 1. The molecule has 0 spiro atoms. The summed E-state index contributed by atoms with van der Waals surface area (Å²) in [5, 5.41) is 10.8. The third-order valence-corrected chi connectivity index (χ3v) is 4.98. The van der Waals surface area contributed by atoms with Gasteiger partial charge in [-0.25, -0.2) is 5.43 Å². The molecule has 0 saturated heterocycles. The van der Waals surface area contributed by atoms with Crippen molar-refractivity contribution in [3.05, 3.63) is 45.9 Å². The molecular weight excluding hydrogens is 404 g/mol. The topological polar surface area (TPSA) is 97.8 Å². The molecule has 0 unspecified atom stereocenters. The quantitative estimate of drug-likeness (QED) is 0.449. The summed E-state index contributed by atoms with van der Waals surface area (Å²) in [5.41, 5.74) is 4.01. The van der Waals surface area contributed by atoms with E-state index in [2.05, 4.69) is 20.7 Å². The maximum atomic E-state index is 12.2. The van der Waals surface area contributed by atoms with Crippen LogP contribution in [-0.4, -0.2) is 43.6 Å². The fourth-order valence-corrected chi connectivity index (χ4v) is 3.43. The van der Waals surface area contributed by atoms with Crippen LogP contribution in [-0.2, 0) is 0 Å². The lowest BCUT2D eigenvalue weighted by atomic mass is 10.2. The predicted molar refractivity (Wildman–Crippen MR) is 108 cm³/mol. The second kappa shape index (κ2) is 8.77. The van der Waals surface area contributed by atoms with Crippen LogP contribution in [0.3, 0.4) is 0 Å². The molecule has 2 N–H and O–H groups in total. The number of benzene rings is 1. The molecule has 146 valence electrons. The maximum absolute atomic E-state index is 12.2. The van der Waals surface area contributed by atoms with E-state index < -0.39 is 5.91 Å². The van der Waals surface area contributed by atoms with Crippen molar-refractivity contribution in [3.63, 3.8) is 0 Å². The molecule has 0 fully saturated rings. The zero-order chi connectivity index (χ0) is 20.1. The Balaban J connectivity index is 1.71. The number of nitrogens with one attached hydrogen (secondary N) is 2. The first-order chi connectivity index (χ1) is 13.5. The molecule has 2 aromatic heterocycles. The number of rotatable bonds is 7. The van der Waals surface area contributed by atoms with Gasteiger partial charge in [0.25, 0.3) is 5.91 Å². The molecule has 0 aliphatic carbocycles. The Morgan fingerprint density at radius 2 is 1.89 bits per heavy atom. The molecule has 3 rings (SSSR count). The Morgan fingerprint density at radius 3 is 2.46 bits per heavy atom. The smallest absolute Gasteiger partial charge is 0.291 e. The number of amides is 1. The van der Waals surface area contributed by atoms with Crippen LogP contribution in [0, 0.1) is 0 Å². The van der Waals surface area contributed by atoms with Crippen LogP contribution in [0.4, 0.5) is 0 Å². The Labute approximate surface area is 170 Å². The lowest BCUT2D eigenvalue weighted by Crippen LogP contribution is -2.18. The SMILES string of the molecule is COc1cc(/C=N\NC(=O)c2cc(-c3ccc(Cl)s3)[nH]n2)cc(OC)c1OC. The van der Waals surface area contributed by atoms with Crippen LogP contribution in [0.2, 0.25) is 4.34 Å². The van der Waals surface area contributed by atoms with Gasteiger partial charge < -0.3 is 14.2 Å². The number of hydrogen-bond donors (Lipinski definition) is 2. The minimum Gasteiger partial charge on any atom is -0.493 e. The summed E-state index contributed by atoms with van der Waals surface area (Å²) in [7, 11) is 4.57. The number of hydrazone groups is 1. The van der Waals surface area contributed by atoms with Gasteiger partial charge in [0.15, 0.2) is 17.2 Å². The van der Waals surface area contributed by atoms with Crippen LogP contribution in [0.1, 0.15) is 16.1 Å². The van der Waals surface area contributed by atoms with E-state index >= 15 is 0 Å². The highest BCUT2D eigenvalue weighted by atomic mass is 35.5. The first kappa shape index (κ1) is 19.7. The molecular formula is C18H17ClN4O4S. The van der Waals surface area contributed by atoms with Gasteiger partial charge in [0.2, 0.25) is 5.75 Å². The molecule has 28 heavy (non-hydrogen) atoms. The minimum absolute atomic E-state index is 0.210. The normalized spacial score (nSPS) is 10.9. The lowest BCUT2D eigenvalue weighted by molar-refractivity contribution is 0.0950. The summed E-state index contributed by atoms with van der Waals surface area (Å²) in [4.78, 5) is 13.1. The van der Waals surface area contributed by atoms with Crippen LogP contribution < -0.4 is 19.6 Å². The highest BCUT2D eigenvalue weighted by Crippen LogP contribution is 2.37. The molecule has 0 radical (unpaired) electrons. The molecule has 0 atom stereocenters. The van der Waals surface area contributed by atoms with E-state index in [9.17, 15) is 4.79 Å². The van der Waals surface area contributed by atoms with Crippen molar-refractivity contribution >= 4 is 35.1 Å². The monoisotopic (exact) mass is 420 g/mol. The van der Waals surface area contributed by atoms with Gasteiger partial charge in [-0.05, 0) is 30.3 Å². The van der Waals surface area contributed by atoms with Crippen molar-refractivity contribution in [2.45, 2.75) is 0 Å². The lowest BCUT2D eigenvalue weighted by Gasteiger charge is -2.12. The summed E-state index contributed by atoms with van der Waals surface area (Å²) in [6.45, 7) is 0. The van der Waals surface area contributed by atoms with Crippen molar-refractivity contribution in [1.82, 2.24) is 15.6 Å². The average Bonchev–Trinajstić information content (AvgIpc) is 3.36. The number of aromatic amines is 1. The van der Waals surface area contributed by atoms with Crippen LogP contribution in [0.15, 0.2) is 35.4 Å². The van der Waals surface area contributed by atoms with E-state index in [1.54, 1.807) is 24.3 Å². The predicted octanol–water partition coefficient (Wildman–Crippen LogP) is 3.58. The molecule has 1 aromatic carbocycles. The number of halogens is 1. The molecule has 2 heterocycles. The maximum Gasteiger partial charge on any atom is 0.291 e. The second-order valence-electron chi connectivity index (χ2n) is 5.43. The van der Waals surface area contributed by atoms with Crippen LogP contribution in [0.5, 0.6) is 17.2 Å². The summed E-state index contributed by atoms with van der Waals surface area (Å²) < 4.78 is 16.5. The van der Waals surface area contributed by atoms with Crippen molar-refractivity contribution in [2.75, 3.05) is 21.3 Å². The second-order valence-corrected chi connectivity index (χ2v) is 7.14. The van der Waals surface area contributed by atoms with E-state index in [-0.39, 0.29) is 5.69 Å². The number of methoxy groups -OCH3 is 3. The van der Waals surface area contributed by atoms with Gasteiger partial charge in [0.05, 0.1) is 42.5 Å². The Kier molecular flexibility index (Phi) is 6.17. The van der Waals surface area contributed by atoms with E-state index in [0.717, 1.165) is 4.88 Å². The molecule has 0 aliphatic heterocycles. The zero-order valence-corrected chi connectivity index (χ0v) is 16.9. The molecule has 0 saturated carbocycles. The number of aromatic nitrogens is 2. The van der Waals surface area contributed by atoms with Crippen LogP contribution >= 0.6 is 22.9 Å². The number of hydrogen-bond acceptors (Lipinski definition) is 7. The van der Waals surface area contributed by atoms with Gasteiger partial charge in [-0.1, -0.05) is 11.6 Å². The molecule has 3 aromatic rings. The number of H-pyrrole nitrogens is 1. The van der Waals surface area contributed by atoms with Gasteiger partial charge in [-0.3, -0.25) is 9.89 Å². The molecule has 1 amide bonds. The highest BCUT2D eigenvalue weighted by molar-refractivity contribution is 7.19. The number of nitrogens with zero attached hydrogens (tertiary/aromatic N) is 2. The Hall–Kier alpha value is -3.04. The van der Waals surface area contributed by atoms with Gasteiger partial charge in [0.1, 0.15) is 0 Å². The first-order valence-electron chi connectivity index (χ1n) is 8.00. The average molecular weight is 421 g/mol. The summed E-state index contributed by atoms with van der Waals surface area (Å²) >= 11 is 7.32. The summed E-state index contributed by atoms with van der Waals surface area (Å²) in [6.07, 6.45) is 1.47. The van der Waals surface area contributed by atoms with E-state index in [0.29, 0.717) is 32.8 Å². The van der Waals surface area contributed by atoms with Crippen molar-refractivity contribution in [2.24, 2.45) is 5.10 Å².